The smallest absolute Gasteiger partial charge is 0.331 e. The fourth-order valence-corrected chi connectivity index (χ4v) is 1.98. The van der Waals surface area contributed by atoms with Gasteiger partial charge in [0.15, 0.2) is 6.04 Å². The van der Waals surface area contributed by atoms with Crippen LogP contribution in [0.2, 0.25) is 10.0 Å². The number of aliphatic hydroxyl groups is 1. The lowest BCUT2D eigenvalue weighted by Gasteiger charge is -2.22. The molecule has 3 atom stereocenters. The number of hydrogen-bond donors (Lipinski definition) is 3. The van der Waals surface area contributed by atoms with Crippen LogP contribution >= 0.6 is 23.2 Å². The van der Waals surface area contributed by atoms with Crippen molar-refractivity contribution in [2.45, 2.75) is 32.0 Å². The van der Waals surface area contributed by atoms with E-state index in [0.717, 1.165) is 0 Å². The molecule has 1 rings (SSSR count). The van der Waals surface area contributed by atoms with E-state index in [2.05, 4.69) is 15.4 Å². The van der Waals surface area contributed by atoms with Crippen LogP contribution < -0.4 is 10.6 Å². The standard InChI is InChI=1S/C14H18Cl2N2O4/c1-7(17-9-4-5-10(15)11(16)6-9)13(20)18-12(8(2)19)14(21)22-3/h4-8,12,17,19H,1-3H3,(H,18,20)/t7-,8+,12-/m0/s1. The summed E-state index contributed by atoms with van der Waals surface area (Å²) >= 11 is 11.7. The highest BCUT2D eigenvalue weighted by Crippen LogP contribution is 2.25. The van der Waals surface area contributed by atoms with Crippen LogP contribution in [0.3, 0.4) is 0 Å². The predicted octanol–water partition coefficient (Wildman–Crippen LogP) is 1.83. The van der Waals surface area contributed by atoms with E-state index in [9.17, 15) is 14.7 Å². The maximum Gasteiger partial charge on any atom is 0.331 e. The summed E-state index contributed by atoms with van der Waals surface area (Å²) in [6, 6.07) is 3.06. The highest BCUT2D eigenvalue weighted by molar-refractivity contribution is 6.42. The summed E-state index contributed by atoms with van der Waals surface area (Å²) in [5.74, 6) is -1.19. The third-order valence-corrected chi connectivity index (χ3v) is 3.67. The monoisotopic (exact) mass is 348 g/mol. The van der Waals surface area contributed by atoms with E-state index in [1.807, 2.05) is 0 Å². The van der Waals surface area contributed by atoms with Gasteiger partial charge in [-0.25, -0.2) is 4.79 Å². The minimum atomic E-state index is -1.13. The van der Waals surface area contributed by atoms with Gasteiger partial charge in [0.05, 0.1) is 23.3 Å². The molecule has 6 nitrogen and oxygen atoms in total. The Morgan fingerprint density at radius 3 is 2.36 bits per heavy atom. The molecule has 0 unspecified atom stereocenters. The number of aliphatic hydroxyl groups excluding tert-OH is 1. The molecule has 22 heavy (non-hydrogen) atoms. The maximum absolute atomic E-state index is 12.1. The number of halogens is 2. The van der Waals surface area contributed by atoms with Crippen molar-refractivity contribution >= 4 is 40.8 Å². The summed E-state index contributed by atoms with van der Waals surface area (Å²) in [7, 11) is 1.18. The molecule has 0 spiro atoms. The van der Waals surface area contributed by atoms with Crippen LogP contribution in [0, 0.1) is 0 Å². The van der Waals surface area contributed by atoms with Gasteiger partial charge in [0.25, 0.3) is 0 Å². The van der Waals surface area contributed by atoms with Gasteiger partial charge in [0, 0.05) is 5.69 Å². The van der Waals surface area contributed by atoms with Crippen LogP contribution in [0.15, 0.2) is 18.2 Å². The lowest BCUT2D eigenvalue weighted by atomic mass is 10.1. The van der Waals surface area contributed by atoms with E-state index >= 15 is 0 Å². The fourth-order valence-electron chi connectivity index (χ4n) is 1.68. The van der Waals surface area contributed by atoms with Crippen molar-refractivity contribution in [1.29, 1.82) is 0 Å². The minimum Gasteiger partial charge on any atom is -0.467 e. The molecule has 0 aromatic heterocycles. The molecule has 0 heterocycles. The molecule has 1 aromatic carbocycles. The second-order valence-electron chi connectivity index (χ2n) is 4.74. The number of esters is 1. The number of benzene rings is 1. The second kappa shape index (κ2) is 8.22. The van der Waals surface area contributed by atoms with E-state index in [0.29, 0.717) is 15.7 Å². The van der Waals surface area contributed by atoms with E-state index < -0.39 is 30.1 Å². The third-order valence-electron chi connectivity index (χ3n) is 2.93. The van der Waals surface area contributed by atoms with E-state index in [1.54, 1.807) is 25.1 Å². The lowest BCUT2D eigenvalue weighted by molar-refractivity contribution is -0.148. The summed E-state index contributed by atoms with van der Waals surface area (Å²) in [6.45, 7) is 2.99. The maximum atomic E-state index is 12.1. The summed E-state index contributed by atoms with van der Waals surface area (Å²) < 4.78 is 4.54. The highest BCUT2D eigenvalue weighted by Gasteiger charge is 2.28. The van der Waals surface area contributed by atoms with Crippen molar-refractivity contribution in [1.82, 2.24) is 5.32 Å². The quantitative estimate of drug-likeness (QED) is 0.682. The minimum absolute atomic E-state index is 0.357. The molecule has 0 aliphatic carbocycles. The number of methoxy groups -OCH3 is 1. The molecule has 1 aromatic rings. The number of anilines is 1. The lowest BCUT2D eigenvalue weighted by Crippen LogP contribution is -2.52. The van der Waals surface area contributed by atoms with Gasteiger partial charge in [-0.05, 0) is 32.0 Å². The van der Waals surface area contributed by atoms with Gasteiger partial charge in [-0.3, -0.25) is 4.79 Å². The molecule has 0 aliphatic heterocycles. The SMILES string of the molecule is COC(=O)[C@@H](NC(=O)[C@H](C)Nc1ccc(Cl)c(Cl)c1)[C@@H](C)O. The van der Waals surface area contributed by atoms with E-state index in [4.69, 9.17) is 23.2 Å². The van der Waals surface area contributed by atoms with Gasteiger partial charge in [-0.1, -0.05) is 23.2 Å². The van der Waals surface area contributed by atoms with Crippen LogP contribution in [-0.4, -0.2) is 42.3 Å². The topological polar surface area (TPSA) is 87.7 Å². The summed E-state index contributed by atoms with van der Waals surface area (Å²) in [5.41, 5.74) is 0.601. The molecule has 3 N–H and O–H groups in total. The molecule has 0 aliphatic rings. The van der Waals surface area contributed by atoms with Crippen molar-refractivity contribution in [2.75, 3.05) is 12.4 Å². The molecule has 0 saturated carbocycles. The van der Waals surface area contributed by atoms with Crippen LogP contribution in [0.25, 0.3) is 0 Å². The molecule has 0 saturated heterocycles. The van der Waals surface area contributed by atoms with Gasteiger partial charge < -0.3 is 20.5 Å². The van der Waals surface area contributed by atoms with Crippen molar-refractivity contribution in [3.05, 3.63) is 28.2 Å². The number of hydrogen-bond acceptors (Lipinski definition) is 5. The van der Waals surface area contributed by atoms with Crippen LogP contribution in [0.5, 0.6) is 0 Å². The number of amides is 1. The second-order valence-corrected chi connectivity index (χ2v) is 5.56. The van der Waals surface area contributed by atoms with Gasteiger partial charge in [-0.2, -0.15) is 0 Å². The molecule has 0 fully saturated rings. The Balaban J connectivity index is 2.71. The summed E-state index contributed by atoms with van der Waals surface area (Å²) in [5, 5.41) is 15.6. The first-order chi connectivity index (χ1) is 10.3. The number of rotatable bonds is 6. The molecule has 0 radical (unpaired) electrons. The molecular weight excluding hydrogens is 331 g/mol. The van der Waals surface area contributed by atoms with Gasteiger partial charge in [0.2, 0.25) is 5.91 Å². The first-order valence-electron chi connectivity index (χ1n) is 6.54. The van der Waals surface area contributed by atoms with Crippen LogP contribution in [0.1, 0.15) is 13.8 Å². The average molecular weight is 349 g/mol. The summed E-state index contributed by atoms with van der Waals surface area (Å²) in [6.07, 6.45) is -1.08. The van der Waals surface area contributed by atoms with Crippen molar-refractivity contribution in [3.8, 4) is 0 Å². The number of nitrogens with one attached hydrogen (secondary N) is 2. The first kappa shape index (κ1) is 18.5. The third kappa shape index (κ3) is 5.05. The van der Waals surface area contributed by atoms with Crippen LogP contribution in [0.4, 0.5) is 5.69 Å². The number of carbonyl (C=O) groups excluding carboxylic acids is 2. The Labute approximate surface area is 138 Å². The highest BCUT2D eigenvalue weighted by atomic mass is 35.5. The number of ether oxygens (including phenoxy) is 1. The number of carbonyl (C=O) groups is 2. The Hall–Kier alpha value is -1.50. The normalized spacial score (nSPS) is 14.6. The van der Waals surface area contributed by atoms with Gasteiger partial charge in [0.1, 0.15) is 6.04 Å². The first-order valence-corrected chi connectivity index (χ1v) is 7.29. The largest absolute Gasteiger partial charge is 0.467 e. The van der Waals surface area contributed by atoms with Crippen molar-refractivity contribution in [2.24, 2.45) is 0 Å². The molecular formula is C14H18Cl2N2O4. The molecule has 122 valence electrons. The van der Waals surface area contributed by atoms with Crippen LogP contribution in [-0.2, 0) is 14.3 Å². The Morgan fingerprint density at radius 1 is 1.23 bits per heavy atom. The van der Waals surface area contributed by atoms with E-state index in [1.165, 1.54) is 14.0 Å². The van der Waals surface area contributed by atoms with Gasteiger partial charge >= 0.3 is 5.97 Å². The van der Waals surface area contributed by atoms with E-state index in [-0.39, 0.29) is 0 Å². The zero-order valence-corrected chi connectivity index (χ0v) is 13.9. The Morgan fingerprint density at radius 2 is 1.86 bits per heavy atom. The molecule has 0 bridgehead atoms. The zero-order chi connectivity index (χ0) is 16.9. The fraction of sp³-hybridized carbons (Fsp3) is 0.429. The molecule has 8 heteroatoms. The Kier molecular flexibility index (Phi) is 6.93. The zero-order valence-electron chi connectivity index (χ0n) is 12.4. The van der Waals surface area contributed by atoms with Crippen molar-refractivity contribution in [3.63, 3.8) is 0 Å². The molecule has 1 amide bonds. The Bertz CT molecular complexity index is 552. The average Bonchev–Trinajstić information content (AvgIpc) is 2.47. The van der Waals surface area contributed by atoms with Gasteiger partial charge in [-0.15, -0.1) is 0 Å². The summed E-state index contributed by atoms with van der Waals surface area (Å²) in [4.78, 5) is 23.6. The van der Waals surface area contributed by atoms with Crippen molar-refractivity contribution < 1.29 is 19.4 Å². The predicted molar refractivity (Wildman–Crippen MR) is 85.2 cm³/mol.